The molecule has 1 rings (SSSR count). The van der Waals surface area contributed by atoms with Gasteiger partial charge in [-0.15, -0.1) is 0 Å². The largest absolute Gasteiger partial charge is 0.427 e. The predicted octanol–water partition coefficient (Wildman–Crippen LogP) is 3.09. The highest BCUT2D eigenvalue weighted by atomic mass is 16.5. The van der Waals surface area contributed by atoms with Gasteiger partial charge in [0.05, 0.1) is 0 Å². The van der Waals surface area contributed by atoms with E-state index in [9.17, 15) is 4.79 Å². The summed E-state index contributed by atoms with van der Waals surface area (Å²) >= 11 is 0. The smallest absolute Gasteiger partial charge is 0.308 e. The van der Waals surface area contributed by atoms with Crippen LogP contribution in [-0.2, 0) is 4.79 Å². The number of carbonyl (C=O) groups is 1. The van der Waals surface area contributed by atoms with E-state index in [1.165, 1.54) is 12.5 Å². The van der Waals surface area contributed by atoms with Gasteiger partial charge >= 0.3 is 5.97 Å². The first-order chi connectivity index (χ1) is 8.31. The van der Waals surface area contributed by atoms with Crippen LogP contribution in [0, 0.1) is 5.41 Å². The first kappa shape index (κ1) is 14.7. The van der Waals surface area contributed by atoms with Gasteiger partial charge in [0.25, 0.3) is 0 Å². The molecule has 0 saturated carbocycles. The average Bonchev–Trinajstić information content (AvgIpc) is 2.25. The molecule has 0 spiro atoms. The van der Waals surface area contributed by atoms with Crippen LogP contribution in [-0.4, -0.2) is 12.5 Å². The molecule has 1 aromatic rings. The van der Waals surface area contributed by atoms with E-state index in [4.69, 9.17) is 10.5 Å². The van der Waals surface area contributed by atoms with Gasteiger partial charge in [-0.25, -0.2) is 0 Å². The third-order valence-electron chi connectivity index (χ3n) is 2.76. The Hall–Kier alpha value is -1.35. The topological polar surface area (TPSA) is 52.3 Å². The Morgan fingerprint density at radius 2 is 1.83 bits per heavy atom. The second kappa shape index (κ2) is 6.01. The number of hydrogen-bond acceptors (Lipinski definition) is 3. The molecular formula is C15H23NO2. The molecule has 0 bridgehead atoms. The Kier molecular flexibility index (Phi) is 4.91. The minimum Gasteiger partial charge on any atom is -0.427 e. The molecule has 0 fully saturated rings. The molecule has 18 heavy (non-hydrogen) atoms. The molecule has 0 saturated heterocycles. The fraction of sp³-hybridized carbons (Fsp3) is 0.533. The summed E-state index contributed by atoms with van der Waals surface area (Å²) in [7, 11) is 0. The second-order valence-electron chi connectivity index (χ2n) is 5.86. The molecule has 0 amide bonds. The molecule has 0 radical (unpaired) electrons. The fourth-order valence-electron chi connectivity index (χ4n) is 2.05. The van der Waals surface area contributed by atoms with Crippen LogP contribution in [0.4, 0.5) is 0 Å². The zero-order chi connectivity index (χ0) is 13.8. The van der Waals surface area contributed by atoms with Crippen molar-refractivity contribution in [3.05, 3.63) is 29.8 Å². The SMILES string of the molecule is CC(=O)Oc1ccc(C(CN)CC(C)(C)C)cc1. The van der Waals surface area contributed by atoms with Gasteiger partial charge in [-0.3, -0.25) is 4.79 Å². The molecule has 3 nitrogen and oxygen atoms in total. The third kappa shape index (κ3) is 4.88. The highest BCUT2D eigenvalue weighted by Gasteiger charge is 2.19. The first-order valence-electron chi connectivity index (χ1n) is 6.30. The first-order valence-corrected chi connectivity index (χ1v) is 6.30. The minimum atomic E-state index is -0.298. The summed E-state index contributed by atoms with van der Waals surface area (Å²) in [6, 6.07) is 7.62. The van der Waals surface area contributed by atoms with E-state index in [2.05, 4.69) is 20.8 Å². The molecule has 2 N–H and O–H groups in total. The maximum Gasteiger partial charge on any atom is 0.308 e. The summed E-state index contributed by atoms with van der Waals surface area (Å²) in [4.78, 5) is 10.8. The Morgan fingerprint density at radius 3 is 2.22 bits per heavy atom. The molecule has 0 aliphatic rings. The fourth-order valence-corrected chi connectivity index (χ4v) is 2.05. The maximum atomic E-state index is 10.8. The number of hydrogen-bond donors (Lipinski definition) is 1. The molecule has 0 aliphatic carbocycles. The molecule has 1 atom stereocenters. The van der Waals surface area contributed by atoms with E-state index >= 15 is 0 Å². The van der Waals surface area contributed by atoms with E-state index in [1.54, 1.807) is 0 Å². The van der Waals surface area contributed by atoms with Crippen molar-refractivity contribution >= 4 is 5.97 Å². The van der Waals surface area contributed by atoms with Crippen LogP contribution in [0.1, 0.15) is 45.6 Å². The van der Waals surface area contributed by atoms with Crippen molar-refractivity contribution < 1.29 is 9.53 Å². The lowest BCUT2D eigenvalue weighted by Crippen LogP contribution is -2.19. The lowest BCUT2D eigenvalue weighted by Gasteiger charge is -2.25. The van der Waals surface area contributed by atoms with Crippen LogP contribution in [0.2, 0.25) is 0 Å². The number of ether oxygens (including phenoxy) is 1. The van der Waals surface area contributed by atoms with Gasteiger partial charge in [0.2, 0.25) is 0 Å². The number of nitrogens with two attached hydrogens (primary N) is 1. The molecule has 0 aromatic heterocycles. The van der Waals surface area contributed by atoms with Crippen molar-refractivity contribution in [1.29, 1.82) is 0 Å². The van der Waals surface area contributed by atoms with Crippen LogP contribution in [0.5, 0.6) is 5.75 Å². The van der Waals surface area contributed by atoms with Gasteiger partial charge in [0.1, 0.15) is 5.75 Å². The number of benzene rings is 1. The molecule has 1 aromatic carbocycles. The maximum absolute atomic E-state index is 10.8. The quantitative estimate of drug-likeness (QED) is 0.659. The van der Waals surface area contributed by atoms with E-state index in [0.717, 1.165) is 6.42 Å². The summed E-state index contributed by atoms with van der Waals surface area (Å²) in [5.74, 6) is 0.627. The summed E-state index contributed by atoms with van der Waals surface area (Å²) in [5.41, 5.74) is 7.29. The van der Waals surface area contributed by atoms with Crippen molar-refractivity contribution in [1.82, 2.24) is 0 Å². The van der Waals surface area contributed by atoms with Gasteiger partial charge in [0.15, 0.2) is 0 Å². The molecule has 0 aliphatic heterocycles. The zero-order valence-corrected chi connectivity index (χ0v) is 11.7. The van der Waals surface area contributed by atoms with Gasteiger partial charge in [-0.05, 0) is 42.0 Å². The molecule has 0 heterocycles. The highest BCUT2D eigenvalue weighted by Crippen LogP contribution is 2.31. The van der Waals surface area contributed by atoms with Crippen LogP contribution in [0.15, 0.2) is 24.3 Å². The molecule has 100 valence electrons. The normalized spacial score (nSPS) is 13.2. The monoisotopic (exact) mass is 249 g/mol. The average molecular weight is 249 g/mol. The van der Waals surface area contributed by atoms with Crippen LogP contribution >= 0.6 is 0 Å². The van der Waals surface area contributed by atoms with Gasteiger partial charge in [-0.2, -0.15) is 0 Å². The van der Waals surface area contributed by atoms with Gasteiger partial charge in [0, 0.05) is 6.92 Å². The Bertz CT molecular complexity index is 390. The van der Waals surface area contributed by atoms with Crippen LogP contribution < -0.4 is 10.5 Å². The third-order valence-corrected chi connectivity index (χ3v) is 2.76. The van der Waals surface area contributed by atoms with Crippen molar-refractivity contribution in [2.75, 3.05) is 6.54 Å². The Labute approximate surface area is 109 Å². The van der Waals surface area contributed by atoms with Crippen molar-refractivity contribution in [3.8, 4) is 5.75 Å². The van der Waals surface area contributed by atoms with E-state index in [-0.39, 0.29) is 11.4 Å². The Balaban J connectivity index is 2.78. The molecular weight excluding hydrogens is 226 g/mol. The van der Waals surface area contributed by atoms with E-state index in [1.807, 2.05) is 24.3 Å². The highest BCUT2D eigenvalue weighted by molar-refractivity contribution is 5.69. The van der Waals surface area contributed by atoms with Crippen LogP contribution in [0.3, 0.4) is 0 Å². The summed E-state index contributed by atoms with van der Waals surface area (Å²) in [6.07, 6.45) is 1.04. The Morgan fingerprint density at radius 1 is 1.28 bits per heavy atom. The van der Waals surface area contributed by atoms with Gasteiger partial charge in [-0.1, -0.05) is 32.9 Å². The summed E-state index contributed by atoms with van der Waals surface area (Å²) in [5, 5.41) is 0. The summed E-state index contributed by atoms with van der Waals surface area (Å²) < 4.78 is 5.01. The second-order valence-corrected chi connectivity index (χ2v) is 5.86. The lowest BCUT2D eigenvalue weighted by atomic mass is 9.81. The standard InChI is InChI=1S/C15H23NO2/c1-11(17)18-14-7-5-12(6-8-14)13(10-16)9-15(2,3)4/h5-8,13H,9-10,16H2,1-4H3. The van der Waals surface area contributed by atoms with Crippen molar-refractivity contribution in [3.63, 3.8) is 0 Å². The molecule has 1 unspecified atom stereocenters. The minimum absolute atomic E-state index is 0.249. The molecule has 3 heteroatoms. The lowest BCUT2D eigenvalue weighted by molar-refractivity contribution is -0.131. The van der Waals surface area contributed by atoms with Gasteiger partial charge < -0.3 is 10.5 Å². The number of rotatable bonds is 4. The summed E-state index contributed by atoms with van der Waals surface area (Å²) in [6.45, 7) is 8.66. The zero-order valence-electron chi connectivity index (χ0n) is 11.7. The van der Waals surface area contributed by atoms with Crippen molar-refractivity contribution in [2.24, 2.45) is 11.1 Å². The van der Waals surface area contributed by atoms with Crippen molar-refractivity contribution in [2.45, 2.75) is 40.0 Å². The van der Waals surface area contributed by atoms with Crippen LogP contribution in [0.25, 0.3) is 0 Å². The number of esters is 1. The van der Waals surface area contributed by atoms with E-state index < -0.39 is 0 Å². The predicted molar refractivity (Wildman–Crippen MR) is 73.6 cm³/mol. The number of carbonyl (C=O) groups excluding carboxylic acids is 1. The van der Waals surface area contributed by atoms with E-state index in [0.29, 0.717) is 18.2 Å².